The molecule has 4 aromatic rings. The van der Waals surface area contributed by atoms with Gasteiger partial charge in [-0.05, 0) is 88.4 Å². The smallest absolute Gasteiger partial charge is 0.185 e. The lowest BCUT2D eigenvalue weighted by molar-refractivity contribution is -0.109. The third-order valence-corrected chi connectivity index (χ3v) is 12.8. The van der Waals surface area contributed by atoms with Crippen LogP contribution in [0.2, 0.25) is 0 Å². The summed E-state index contributed by atoms with van der Waals surface area (Å²) >= 11 is 2.49. The van der Waals surface area contributed by atoms with Gasteiger partial charge in [0.25, 0.3) is 0 Å². The molecule has 4 aromatic carbocycles. The fourth-order valence-corrected chi connectivity index (χ4v) is 8.58. The van der Waals surface area contributed by atoms with Crippen LogP contribution in [0.25, 0.3) is 0 Å². The van der Waals surface area contributed by atoms with Gasteiger partial charge >= 0.3 is 0 Å². The zero-order chi connectivity index (χ0) is 44.5. The molecule has 0 aromatic heterocycles. The van der Waals surface area contributed by atoms with Crippen molar-refractivity contribution in [2.45, 2.75) is 144 Å². The molecule has 1 aliphatic carbocycles. The summed E-state index contributed by atoms with van der Waals surface area (Å²) in [6.45, 7) is 30.2. The maximum Gasteiger partial charge on any atom is 0.185 e. The molecule has 2 N–H and O–H groups in total. The van der Waals surface area contributed by atoms with Gasteiger partial charge in [-0.2, -0.15) is 0 Å². The van der Waals surface area contributed by atoms with Crippen molar-refractivity contribution in [2.75, 3.05) is 24.7 Å². The summed E-state index contributed by atoms with van der Waals surface area (Å²) in [5.41, 5.74) is 10.6. The van der Waals surface area contributed by atoms with Crippen LogP contribution in [0.3, 0.4) is 0 Å². The maximum atomic E-state index is 12.5. The standard InChI is InChI=1S/C52H68O6S2/c1-31(53)59-17-15-57-47-37-19-33-23-41(49(3,4)5)25-35(45(33)55)21-39-29-44(52(12,13)14)30-40(48(39)58-16-18-60-32(2)54)22-36-26-42(50(6,7)8)24-34(46(36)56)20-38(47)28-43(27-37)51(9,10)11/h23-30,55-56H,15-22H2,1-14H3. The number of phenols is 2. The van der Waals surface area contributed by atoms with Gasteiger partial charge in [-0.3, -0.25) is 9.59 Å². The first-order valence-electron chi connectivity index (χ1n) is 21.3. The zero-order valence-corrected chi connectivity index (χ0v) is 40.3. The Hall–Kier alpha value is -3.88. The van der Waals surface area contributed by atoms with Gasteiger partial charge < -0.3 is 19.7 Å². The Balaban J connectivity index is 1.90. The Labute approximate surface area is 368 Å². The maximum absolute atomic E-state index is 12.5. The van der Waals surface area contributed by atoms with Gasteiger partial charge in [0.1, 0.15) is 23.0 Å². The highest BCUT2D eigenvalue weighted by Gasteiger charge is 2.28. The number of hydrogen-bond donors (Lipinski definition) is 2. The molecule has 0 atom stereocenters. The molecule has 0 heterocycles. The average molecular weight is 853 g/mol. The molecule has 0 unspecified atom stereocenters. The number of benzene rings is 4. The van der Waals surface area contributed by atoms with Crippen LogP contribution in [0.4, 0.5) is 0 Å². The summed E-state index contributed by atoms with van der Waals surface area (Å²) in [6.07, 6.45) is 1.64. The summed E-state index contributed by atoms with van der Waals surface area (Å²) < 4.78 is 13.5. The third kappa shape index (κ3) is 11.7. The van der Waals surface area contributed by atoms with Gasteiger partial charge in [0.2, 0.25) is 0 Å². The highest BCUT2D eigenvalue weighted by molar-refractivity contribution is 8.13. The molecule has 0 aliphatic heterocycles. The van der Waals surface area contributed by atoms with E-state index in [0.717, 1.165) is 78.3 Å². The Morgan fingerprint density at radius 3 is 0.867 bits per heavy atom. The Morgan fingerprint density at radius 2 is 0.667 bits per heavy atom. The van der Waals surface area contributed by atoms with Crippen molar-refractivity contribution < 1.29 is 29.3 Å². The van der Waals surface area contributed by atoms with Crippen LogP contribution in [0.1, 0.15) is 164 Å². The van der Waals surface area contributed by atoms with Crippen LogP contribution >= 0.6 is 23.5 Å². The number of rotatable bonds is 8. The minimum absolute atomic E-state index is 0.0411. The first-order chi connectivity index (χ1) is 27.7. The fourth-order valence-electron chi connectivity index (χ4n) is 7.67. The number of thioether (sulfide) groups is 2. The zero-order valence-electron chi connectivity index (χ0n) is 38.6. The van der Waals surface area contributed by atoms with Gasteiger partial charge in [0.15, 0.2) is 10.2 Å². The van der Waals surface area contributed by atoms with Crippen LogP contribution in [0.5, 0.6) is 23.0 Å². The van der Waals surface area contributed by atoms with E-state index in [1.807, 2.05) is 0 Å². The molecule has 0 spiro atoms. The lowest BCUT2D eigenvalue weighted by Gasteiger charge is -2.28. The molecule has 60 heavy (non-hydrogen) atoms. The first-order valence-corrected chi connectivity index (χ1v) is 23.2. The Bertz CT molecular complexity index is 1990. The summed E-state index contributed by atoms with van der Waals surface area (Å²) in [6, 6.07) is 17.4. The SMILES string of the molecule is CC(=O)SCCOc1c2cc(C(C)(C)C)cc1Cc1cc(C(C)(C)C)cc(c1O)Cc1cc(C(C)(C)C)cc(c1OCCSC(C)=O)Cc1cc(C(C)(C)C)cc(c1O)C2. The molecule has 0 fully saturated rings. The van der Waals surface area contributed by atoms with E-state index in [2.05, 4.69) is 132 Å². The topological polar surface area (TPSA) is 93.1 Å². The summed E-state index contributed by atoms with van der Waals surface area (Å²) in [5.74, 6) is 2.95. The summed E-state index contributed by atoms with van der Waals surface area (Å²) in [7, 11) is 0. The van der Waals surface area contributed by atoms with Gasteiger partial charge in [-0.25, -0.2) is 0 Å². The molecule has 6 nitrogen and oxygen atoms in total. The number of aromatic hydroxyl groups is 2. The molecule has 0 saturated heterocycles. The van der Waals surface area contributed by atoms with E-state index in [4.69, 9.17) is 9.47 Å². The van der Waals surface area contributed by atoms with E-state index in [1.165, 1.54) is 23.5 Å². The van der Waals surface area contributed by atoms with Gasteiger partial charge in [-0.15, -0.1) is 0 Å². The molecule has 0 saturated carbocycles. The quantitative estimate of drug-likeness (QED) is 0.149. The van der Waals surface area contributed by atoms with Crippen molar-refractivity contribution >= 4 is 33.8 Å². The molecule has 0 radical (unpaired) electrons. The van der Waals surface area contributed by atoms with Crippen LogP contribution in [0, 0.1) is 0 Å². The normalized spacial score (nSPS) is 13.6. The molecule has 8 heteroatoms. The van der Waals surface area contributed by atoms with Crippen molar-refractivity contribution in [3.8, 4) is 23.0 Å². The highest BCUT2D eigenvalue weighted by Crippen LogP contribution is 2.44. The molecular formula is C52H68O6S2. The van der Waals surface area contributed by atoms with Crippen LogP contribution in [0.15, 0.2) is 48.5 Å². The minimum Gasteiger partial charge on any atom is -0.507 e. The summed E-state index contributed by atoms with van der Waals surface area (Å²) in [4.78, 5) is 23.9. The van der Waals surface area contributed by atoms with Crippen molar-refractivity contribution in [3.05, 3.63) is 115 Å². The van der Waals surface area contributed by atoms with Crippen molar-refractivity contribution in [3.63, 3.8) is 0 Å². The number of hydrogen-bond acceptors (Lipinski definition) is 8. The second kappa shape index (κ2) is 18.2. The third-order valence-electron chi connectivity index (χ3n) is 11.3. The van der Waals surface area contributed by atoms with E-state index in [9.17, 15) is 19.8 Å². The number of carbonyl (C=O) groups excluding carboxylic acids is 2. The van der Waals surface area contributed by atoms with Gasteiger partial charge in [0.05, 0.1) is 13.2 Å². The Morgan fingerprint density at radius 1 is 0.450 bits per heavy atom. The van der Waals surface area contributed by atoms with E-state index in [1.54, 1.807) is 13.8 Å². The lowest BCUT2D eigenvalue weighted by Crippen LogP contribution is -2.17. The van der Waals surface area contributed by atoms with Gasteiger partial charge in [-0.1, -0.05) is 155 Å². The number of phenolic OH excluding ortho intramolecular Hbond substituents is 2. The van der Waals surface area contributed by atoms with Crippen molar-refractivity contribution in [1.29, 1.82) is 0 Å². The molecule has 8 bridgehead atoms. The minimum atomic E-state index is -0.216. The molecule has 1 aliphatic rings. The highest BCUT2D eigenvalue weighted by atomic mass is 32.2. The first kappa shape index (κ1) is 47.2. The van der Waals surface area contributed by atoms with E-state index in [0.29, 0.717) is 50.4 Å². The van der Waals surface area contributed by atoms with Crippen molar-refractivity contribution in [1.82, 2.24) is 0 Å². The molecule has 5 rings (SSSR count). The van der Waals surface area contributed by atoms with Gasteiger partial charge in [0, 0.05) is 51.0 Å². The molecular weight excluding hydrogens is 785 g/mol. The average Bonchev–Trinajstić information content (AvgIpc) is 3.10. The monoisotopic (exact) mass is 852 g/mol. The van der Waals surface area contributed by atoms with Crippen LogP contribution in [-0.2, 0) is 56.9 Å². The lowest BCUT2D eigenvalue weighted by atomic mass is 9.79. The largest absolute Gasteiger partial charge is 0.507 e. The predicted molar refractivity (Wildman–Crippen MR) is 252 cm³/mol. The van der Waals surface area contributed by atoms with Crippen molar-refractivity contribution in [2.24, 2.45) is 0 Å². The number of carbonyl (C=O) groups is 2. The van der Waals surface area contributed by atoms with Crippen LogP contribution < -0.4 is 9.47 Å². The van der Waals surface area contributed by atoms with E-state index < -0.39 is 0 Å². The second-order valence-electron chi connectivity index (χ2n) is 20.6. The second-order valence-corrected chi connectivity index (χ2v) is 23.2. The number of ether oxygens (including phenoxy) is 2. The number of fused-ring (bicyclic) bond motifs is 8. The molecule has 324 valence electrons. The summed E-state index contributed by atoms with van der Waals surface area (Å²) in [5, 5.41) is 25.0. The predicted octanol–water partition coefficient (Wildman–Crippen LogP) is 12.3. The van der Waals surface area contributed by atoms with Crippen LogP contribution in [-0.4, -0.2) is 45.2 Å². The fraction of sp³-hybridized carbons (Fsp3) is 0.500. The van der Waals surface area contributed by atoms with E-state index >= 15 is 0 Å². The Kier molecular flexibility index (Phi) is 14.3. The van der Waals surface area contributed by atoms with E-state index in [-0.39, 0.29) is 43.4 Å². The molecule has 0 amide bonds.